The van der Waals surface area contributed by atoms with Crippen molar-refractivity contribution >= 4 is 0 Å². The van der Waals surface area contributed by atoms with E-state index < -0.39 is 0 Å². The van der Waals surface area contributed by atoms with Crippen molar-refractivity contribution in [2.45, 2.75) is 200 Å². The lowest BCUT2D eigenvalue weighted by Crippen LogP contribution is -2.49. The Balaban J connectivity index is 3.76. The number of quaternary nitrogens is 1. The summed E-state index contributed by atoms with van der Waals surface area (Å²) in [5.41, 5.74) is 0. The molecule has 0 aromatic rings. The number of hydrogen-bond donors (Lipinski definition) is 1. The minimum Gasteiger partial charge on any atom is -0.391 e. The molecule has 1 unspecified atom stereocenters. The Morgan fingerprint density at radius 3 is 1.14 bits per heavy atom. The minimum atomic E-state index is 0.121. The van der Waals surface area contributed by atoms with Crippen molar-refractivity contribution in [1.29, 1.82) is 0 Å². The van der Waals surface area contributed by atoms with Crippen molar-refractivity contribution in [3.05, 3.63) is 0 Å². The number of ether oxygens (including phenoxy) is 2. The quantitative estimate of drug-likeness (QED) is 0.0560. The average Bonchev–Trinajstić information content (AvgIpc) is 2.98. The first-order valence-corrected chi connectivity index (χ1v) is 19.7. The first kappa shape index (κ1) is 42.8. The lowest BCUT2D eigenvalue weighted by molar-refractivity contribution is -0.893. The Hall–Kier alpha value is -0.160. The van der Waals surface area contributed by atoms with Crippen molar-refractivity contribution < 1.29 is 19.1 Å². The highest BCUT2D eigenvalue weighted by molar-refractivity contribution is 4.58. The molecule has 0 amide bonds. The summed E-state index contributed by atoms with van der Waals surface area (Å²) in [7, 11) is 4.37. The number of hydrogen-bond acceptors (Lipinski definition) is 3. The van der Waals surface area contributed by atoms with E-state index in [1.54, 1.807) is 0 Å². The standard InChI is InChI=1S/C39H82NO3/c1-5-7-9-11-13-15-17-19-21-23-25-27-29-31-35-42-38-39(37-40(3,4)33-34-41)43-36-32-30-28-26-24-22-20-18-16-14-12-10-8-6-2/h39,41H,5-38H2,1-4H3/q+1. The molecule has 0 bridgehead atoms. The fraction of sp³-hybridized carbons (Fsp3) is 1.00. The van der Waals surface area contributed by atoms with Gasteiger partial charge in [-0.05, 0) is 12.8 Å². The first-order chi connectivity index (χ1) is 21.1. The summed E-state index contributed by atoms with van der Waals surface area (Å²) in [6.07, 6.45) is 38.9. The summed E-state index contributed by atoms with van der Waals surface area (Å²) in [6.45, 7) is 8.85. The van der Waals surface area contributed by atoms with Crippen LogP contribution >= 0.6 is 0 Å². The second-order valence-corrected chi connectivity index (χ2v) is 14.3. The Kier molecular flexibility index (Phi) is 34.6. The van der Waals surface area contributed by atoms with Crippen molar-refractivity contribution in [1.82, 2.24) is 0 Å². The highest BCUT2D eigenvalue weighted by atomic mass is 16.5. The van der Waals surface area contributed by atoms with Crippen molar-refractivity contribution in [2.24, 2.45) is 0 Å². The monoisotopic (exact) mass is 613 g/mol. The molecule has 0 aromatic carbocycles. The van der Waals surface area contributed by atoms with E-state index in [9.17, 15) is 5.11 Å². The predicted octanol–water partition coefficient (Wildman–Crippen LogP) is 11.4. The maximum Gasteiger partial charge on any atom is 0.130 e. The zero-order chi connectivity index (χ0) is 31.5. The van der Waals surface area contributed by atoms with Crippen LogP contribution in [0.4, 0.5) is 0 Å². The van der Waals surface area contributed by atoms with E-state index >= 15 is 0 Å². The zero-order valence-corrected chi connectivity index (χ0v) is 30.3. The Labute approximate surface area is 272 Å². The van der Waals surface area contributed by atoms with E-state index in [2.05, 4.69) is 27.9 Å². The normalized spacial score (nSPS) is 12.8. The van der Waals surface area contributed by atoms with Gasteiger partial charge in [0.1, 0.15) is 19.2 Å². The van der Waals surface area contributed by atoms with Crippen LogP contribution in [0.15, 0.2) is 0 Å². The molecule has 0 aliphatic carbocycles. The van der Waals surface area contributed by atoms with Crippen LogP contribution in [0.1, 0.15) is 194 Å². The molecular weight excluding hydrogens is 530 g/mol. The fourth-order valence-electron chi connectivity index (χ4n) is 6.23. The highest BCUT2D eigenvalue weighted by Gasteiger charge is 2.22. The minimum absolute atomic E-state index is 0.121. The molecule has 1 N–H and O–H groups in total. The van der Waals surface area contributed by atoms with Crippen LogP contribution in [0.25, 0.3) is 0 Å². The maximum absolute atomic E-state index is 9.47. The SMILES string of the molecule is CCCCCCCCCCCCCCCCOCC(C[N+](C)(C)CCO)OCCCCCCCCCCCCCCCC. The topological polar surface area (TPSA) is 38.7 Å². The third-order valence-electron chi connectivity index (χ3n) is 9.20. The summed E-state index contributed by atoms with van der Waals surface area (Å²) in [6, 6.07) is 0. The summed E-state index contributed by atoms with van der Waals surface area (Å²) in [5, 5.41) is 9.47. The van der Waals surface area contributed by atoms with Gasteiger partial charge in [-0.2, -0.15) is 0 Å². The van der Waals surface area contributed by atoms with E-state index in [4.69, 9.17) is 9.47 Å². The smallest absolute Gasteiger partial charge is 0.130 e. The van der Waals surface area contributed by atoms with Gasteiger partial charge >= 0.3 is 0 Å². The van der Waals surface area contributed by atoms with Gasteiger partial charge < -0.3 is 19.1 Å². The molecule has 0 saturated carbocycles. The number of aliphatic hydroxyl groups excluding tert-OH is 1. The van der Waals surface area contributed by atoms with Crippen LogP contribution in [0.2, 0.25) is 0 Å². The lowest BCUT2D eigenvalue weighted by Gasteiger charge is -2.32. The van der Waals surface area contributed by atoms with Gasteiger partial charge in [0.15, 0.2) is 0 Å². The number of unbranched alkanes of at least 4 members (excludes halogenated alkanes) is 26. The van der Waals surface area contributed by atoms with E-state index in [1.165, 1.54) is 173 Å². The van der Waals surface area contributed by atoms with Crippen LogP contribution in [-0.2, 0) is 9.47 Å². The average molecular weight is 613 g/mol. The van der Waals surface area contributed by atoms with Crippen LogP contribution in [-0.4, -0.2) is 69.3 Å². The molecule has 1 atom stereocenters. The van der Waals surface area contributed by atoms with Gasteiger partial charge in [0.25, 0.3) is 0 Å². The fourth-order valence-corrected chi connectivity index (χ4v) is 6.23. The number of likely N-dealkylation sites (N-methyl/N-ethyl adjacent to an activating group) is 1. The number of nitrogens with zero attached hydrogens (tertiary/aromatic N) is 1. The number of rotatable bonds is 37. The van der Waals surface area contributed by atoms with Gasteiger partial charge in [-0.15, -0.1) is 0 Å². The summed E-state index contributed by atoms with van der Waals surface area (Å²) >= 11 is 0. The third-order valence-corrected chi connectivity index (χ3v) is 9.20. The van der Waals surface area contributed by atoms with Gasteiger partial charge in [0.2, 0.25) is 0 Å². The van der Waals surface area contributed by atoms with Gasteiger partial charge in [-0.1, -0.05) is 181 Å². The molecule has 0 spiro atoms. The lowest BCUT2D eigenvalue weighted by atomic mass is 10.0. The zero-order valence-electron chi connectivity index (χ0n) is 30.3. The van der Waals surface area contributed by atoms with Crippen molar-refractivity contribution in [3.63, 3.8) is 0 Å². The first-order valence-electron chi connectivity index (χ1n) is 19.7. The van der Waals surface area contributed by atoms with Crippen LogP contribution in [0.5, 0.6) is 0 Å². The molecule has 4 nitrogen and oxygen atoms in total. The number of aliphatic hydroxyl groups is 1. The van der Waals surface area contributed by atoms with E-state index in [0.29, 0.717) is 6.61 Å². The molecule has 0 aliphatic rings. The summed E-state index contributed by atoms with van der Waals surface area (Å²) < 4.78 is 13.2. The molecule has 0 aliphatic heterocycles. The molecule has 0 heterocycles. The van der Waals surface area contributed by atoms with Crippen molar-refractivity contribution in [2.75, 3.05) is 53.6 Å². The van der Waals surface area contributed by atoms with Crippen LogP contribution in [0, 0.1) is 0 Å². The molecule has 0 rings (SSSR count). The molecule has 0 fully saturated rings. The van der Waals surface area contributed by atoms with Gasteiger partial charge in [0.05, 0.1) is 27.3 Å². The molecule has 4 heteroatoms. The molecule has 0 aromatic heterocycles. The summed E-state index contributed by atoms with van der Waals surface area (Å²) in [4.78, 5) is 0. The Morgan fingerprint density at radius 2 is 0.791 bits per heavy atom. The third kappa shape index (κ3) is 34.6. The molecule has 43 heavy (non-hydrogen) atoms. The van der Waals surface area contributed by atoms with E-state index in [1.807, 2.05) is 0 Å². The van der Waals surface area contributed by atoms with Crippen LogP contribution < -0.4 is 0 Å². The van der Waals surface area contributed by atoms with Crippen LogP contribution in [0.3, 0.4) is 0 Å². The molecule has 0 saturated heterocycles. The van der Waals surface area contributed by atoms with Crippen molar-refractivity contribution in [3.8, 4) is 0 Å². The molecular formula is C39H82NO3+. The molecule has 260 valence electrons. The van der Waals surface area contributed by atoms with Gasteiger partial charge in [-0.25, -0.2) is 0 Å². The second-order valence-electron chi connectivity index (χ2n) is 14.3. The van der Waals surface area contributed by atoms with Gasteiger partial charge in [-0.3, -0.25) is 0 Å². The van der Waals surface area contributed by atoms with E-state index in [0.717, 1.165) is 37.2 Å². The predicted molar refractivity (Wildman–Crippen MR) is 190 cm³/mol. The van der Waals surface area contributed by atoms with Gasteiger partial charge in [0, 0.05) is 13.2 Å². The molecule has 0 radical (unpaired) electrons. The summed E-state index contributed by atoms with van der Waals surface area (Å²) in [5.74, 6) is 0. The Morgan fingerprint density at radius 1 is 0.465 bits per heavy atom. The highest BCUT2D eigenvalue weighted by Crippen LogP contribution is 2.15. The maximum atomic E-state index is 9.47. The van der Waals surface area contributed by atoms with E-state index in [-0.39, 0.29) is 12.7 Å². The largest absolute Gasteiger partial charge is 0.391 e. The second kappa shape index (κ2) is 34.7. The Bertz CT molecular complexity index is 513.